The van der Waals surface area contributed by atoms with Gasteiger partial charge in [0.25, 0.3) is 11.8 Å². The van der Waals surface area contributed by atoms with E-state index >= 15 is 0 Å². The van der Waals surface area contributed by atoms with E-state index in [1.54, 1.807) is 30.6 Å². The molecule has 1 aliphatic heterocycles. The van der Waals surface area contributed by atoms with Crippen LogP contribution in [0.25, 0.3) is 22.0 Å². The van der Waals surface area contributed by atoms with Crippen LogP contribution in [0.2, 0.25) is 0 Å². The Balaban J connectivity index is 1.19. The molecule has 0 bridgehead atoms. The van der Waals surface area contributed by atoms with Crippen molar-refractivity contribution in [2.75, 3.05) is 48.8 Å². The maximum Gasteiger partial charge on any atom is 0.276 e. The highest BCUT2D eigenvalue weighted by atomic mass is 19.1. The summed E-state index contributed by atoms with van der Waals surface area (Å²) in [4.78, 5) is 38.9. The number of carbonyl (C=O) groups is 2. The summed E-state index contributed by atoms with van der Waals surface area (Å²) >= 11 is 0. The number of hydrogen-bond acceptors (Lipinski definition) is 7. The van der Waals surface area contributed by atoms with Gasteiger partial charge in [-0.3, -0.25) is 19.7 Å². The number of hydrogen-bond donors (Lipinski definition) is 3. The van der Waals surface area contributed by atoms with Crippen molar-refractivity contribution in [2.45, 2.75) is 0 Å². The first-order valence-electron chi connectivity index (χ1n) is 13.3. The molecule has 5 aromatic rings. The zero-order valence-corrected chi connectivity index (χ0v) is 22.6. The van der Waals surface area contributed by atoms with Crippen molar-refractivity contribution in [1.29, 1.82) is 0 Å². The van der Waals surface area contributed by atoms with Crippen LogP contribution in [0.5, 0.6) is 0 Å². The third kappa shape index (κ3) is 5.52. The van der Waals surface area contributed by atoms with E-state index in [2.05, 4.69) is 47.6 Å². The fourth-order valence-corrected chi connectivity index (χ4v) is 4.81. The second-order valence-electron chi connectivity index (χ2n) is 10.00. The number of aromatic nitrogens is 4. The van der Waals surface area contributed by atoms with Crippen molar-refractivity contribution in [2.24, 2.45) is 0 Å². The molecule has 0 aliphatic carbocycles. The highest BCUT2D eigenvalue weighted by Gasteiger charge is 2.19. The molecule has 0 atom stereocenters. The van der Waals surface area contributed by atoms with Crippen molar-refractivity contribution in [3.05, 3.63) is 96.1 Å². The Kier molecular flexibility index (Phi) is 7.28. The second-order valence-corrected chi connectivity index (χ2v) is 10.00. The molecule has 0 spiro atoms. The summed E-state index contributed by atoms with van der Waals surface area (Å²) in [6.45, 7) is 3.73. The van der Waals surface area contributed by atoms with E-state index < -0.39 is 29.0 Å². The Bertz CT molecular complexity index is 1760. The predicted octanol–water partition coefficient (Wildman–Crippen LogP) is 4.55. The van der Waals surface area contributed by atoms with Crippen LogP contribution in [0, 0.1) is 11.6 Å². The number of pyridine rings is 2. The van der Waals surface area contributed by atoms with Crippen LogP contribution < -0.4 is 15.5 Å². The molecule has 0 unspecified atom stereocenters. The molecular weight excluding hydrogens is 542 g/mol. The van der Waals surface area contributed by atoms with Crippen LogP contribution in [-0.4, -0.2) is 70.1 Å². The van der Waals surface area contributed by atoms with Gasteiger partial charge in [-0.1, -0.05) is 12.1 Å². The lowest BCUT2D eigenvalue weighted by Gasteiger charge is -2.33. The van der Waals surface area contributed by atoms with Gasteiger partial charge in [-0.15, -0.1) is 0 Å². The minimum Gasteiger partial charge on any atom is -0.354 e. The Morgan fingerprint density at radius 3 is 2.33 bits per heavy atom. The molecule has 42 heavy (non-hydrogen) atoms. The minimum atomic E-state index is -0.963. The van der Waals surface area contributed by atoms with E-state index in [0.717, 1.165) is 44.1 Å². The fraction of sp³-hybridized carbons (Fsp3) is 0.167. The first-order valence-corrected chi connectivity index (χ1v) is 13.3. The first kappa shape index (κ1) is 27.0. The molecule has 10 nitrogen and oxygen atoms in total. The summed E-state index contributed by atoms with van der Waals surface area (Å²) in [5, 5.41) is 13.0. The number of rotatable bonds is 6. The van der Waals surface area contributed by atoms with E-state index in [1.807, 2.05) is 18.2 Å². The molecule has 4 heterocycles. The Labute approximate surface area is 239 Å². The Morgan fingerprint density at radius 2 is 1.60 bits per heavy atom. The molecule has 1 aliphatic rings. The number of halogens is 2. The topological polar surface area (TPSA) is 119 Å². The number of likely N-dealkylation sites (N-methyl/N-ethyl adjacent to an activating group) is 1. The van der Waals surface area contributed by atoms with E-state index in [-0.39, 0.29) is 11.4 Å². The summed E-state index contributed by atoms with van der Waals surface area (Å²) in [5.41, 5.74) is 2.27. The molecule has 1 saturated heterocycles. The van der Waals surface area contributed by atoms with Gasteiger partial charge in [0.1, 0.15) is 23.0 Å². The number of nitrogens with one attached hydrogen (secondary N) is 3. The van der Waals surface area contributed by atoms with Gasteiger partial charge in [0.05, 0.1) is 29.3 Å². The second kappa shape index (κ2) is 11.3. The molecule has 3 aromatic heterocycles. The zero-order chi connectivity index (χ0) is 29.2. The van der Waals surface area contributed by atoms with Crippen LogP contribution in [0.3, 0.4) is 0 Å². The summed E-state index contributed by atoms with van der Waals surface area (Å²) in [5.74, 6) is -2.40. The highest BCUT2D eigenvalue weighted by Crippen LogP contribution is 2.28. The molecule has 2 aromatic carbocycles. The number of benzene rings is 2. The summed E-state index contributed by atoms with van der Waals surface area (Å²) < 4.78 is 28.1. The molecule has 2 amide bonds. The van der Waals surface area contributed by atoms with Gasteiger partial charge in [0.2, 0.25) is 0 Å². The van der Waals surface area contributed by atoms with Crippen LogP contribution in [0.1, 0.15) is 20.8 Å². The maximum absolute atomic E-state index is 14.0. The molecule has 3 N–H and O–H groups in total. The van der Waals surface area contributed by atoms with Gasteiger partial charge in [0, 0.05) is 43.3 Å². The average Bonchev–Trinajstić information content (AvgIpc) is 3.42. The standard InChI is InChI=1S/C30H26F2N8O2/c1-39-9-11-40(12-10-39)26-8-6-20(17-34-26)35-30(42)28-22-14-18(5-7-25(22)37-38-28)19-13-21(16-33-15-19)36-29(41)27-23(31)3-2-4-24(27)32/h2-8,13-17H,9-12H2,1H3,(H,35,42)(H,36,41)(H,37,38). The van der Waals surface area contributed by atoms with Crippen molar-refractivity contribution < 1.29 is 18.4 Å². The van der Waals surface area contributed by atoms with Crippen LogP contribution in [-0.2, 0) is 0 Å². The normalized spacial score (nSPS) is 13.7. The summed E-state index contributed by atoms with van der Waals surface area (Å²) in [6, 6.07) is 13.9. The fourth-order valence-electron chi connectivity index (χ4n) is 4.81. The summed E-state index contributed by atoms with van der Waals surface area (Å²) in [6.07, 6.45) is 4.58. The van der Waals surface area contributed by atoms with Gasteiger partial charge in [-0.05, 0) is 55.1 Å². The van der Waals surface area contributed by atoms with Crippen molar-refractivity contribution >= 4 is 39.9 Å². The lowest BCUT2D eigenvalue weighted by molar-refractivity contribution is 0.101. The van der Waals surface area contributed by atoms with Gasteiger partial charge in [-0.25, -0.2) is 13.8 Å². The van der Waals surface area contributed by atoms with E-state index in [0.29, 0.717) is 27.7 Å². The highest BCUT2D eigenvalue weighted by molar-refractivity contribution is 6.11. The Hall–Kier alpha value is -5.23. The van der Waals surface area contributed by atoms with E-state index in [9.17, 15) is 18.4 Å². The van der Waals surface area contributed by atoms with Crippen molar-refractivity contribution in [1.82, 2.24) is 25.1 Å². The number of piperazine rings is 1. The van der Waals surface area contributed by atoms with Crippen LogP contribution in [0.15, 0.2) is 73.2 Å². The number of aromatic amines is 1. The third-order valence-electron chi connectivity index (χ3n) is 7.13. The molecule has 0 saturated carbocycles. The van der Waals surface area contributed by atoms with Gasteiger partial charge in [0.15, 0.2) is 5.69 Å². The zero-order valence-electron chi connectivity index (χ0n) is 22.6. The first-order chi connectivity index (χ1) is 20.4. The maximum atomic E-state index is 14.0. The van der Waals surface area contributed by atoms with Gasteiger partial charge in [-0.2, -0.15) is 5.10 Å². The quantitative estimate of drug-likeness (QED) is 0.275. The lowest BCUT2D eigenvalue weighted by atomic mass is 10.0. The van der Waals surface area contributed by atoms with Crippen molar-refractivity contribution in [3.63, 3.8) is 0 Å². The monoisotopic (exact) mass is 568 g/mol. The predicted molar refractivity (Wildman–Crippen MR) is 156 cm³/mol. The SMILES string of the molecule is CN1CCN(c2ccc(NC(=O)c3n[nH]c4ccc(-c5cncc(NC(=O)c6c(F)cccc6F)c5)cc34)cn2)CC1. The minimum absolute atomic E-state index is 0.197. The third-order valence-corrected chi connectivity index (χ3v) is 7.13. The lowest BCUT2D eigenvalue weighted by Crippen LogP contribution is -2.44. The number of amides is 2. The van der Waals surface area contributed by atoms with Crippen LogP contribution in [0.4, 0.5) is 26.0 Å². The molecular formula is C30H26F2N8O2. The van der Waals surface area contributed by atoms with Crippen LogP contribution >= 0.6 is 0 Å². The molecule has 6 rings (SSSR count). The molecule has 1 fully saturated rings. The van der Waals surface area contributed by atoms with Crippen molar-refractivity contribution in [3.8, 4) is 11.1 Å². The van der Waals surface area contributed by atoms with Gasteiger partial charge >= 0.3 is 0 Å². The molecule has 212 valence electrons. The Morgan fingerprint density at radius 1 is 0.833 bits per heavy atom. The average molecular weight is 569 g/mol. The molecule has 0 radical (unpaired) electrons. The van der Waals surface area contributed by atoms with E-state index in [4.69, 9.17) is 0 Å². The van der Waals surface area contributed by atoms with Gasteiger partial charge < -0.3 is 20.4 Å². The number of H-pyrrole nitrogens is 1. The smallest absolute Gasteiger partial charge is 0.276 e. The number of carbonyl (C=O) groups excluding carboxylic acids is 2. The number of nitrogens with zero attached hydrogens (tertiary/aromatic N) is 5. The largest absolute Gasteiger partial charge is 0.354 e. The number of anilines is 3. The number of fused-ring (bicyclic) bond motifs is 1. The van der Waals surface area contributed by atoms with E-state index in [1.165, 1.54) is 12.3 Å². The molecule has 12 heteroatoms. The summed E-state index contributed by atoms with van der Waals surface area (Å²) in [7, 11) is 2.10.